The summed E-state index contributed by atoms with van der Waals surface area (Å²) in [5.41, 5.74) is 7.59. The van der Waals surface area contributed by atoms with E-state index in [4.69, 9.17) is 10.5 Å². The molecule has 0 heterocycles. The van der Waals surface area contributed by atoms with Crippen molar-refractivity contribution in [2.24, 2.45) is 5.73 Å². The minimum Gasteiger partial charge on any atom is -0.493 e. The first-order valence-electron chi connectivity index (χ1n) is 6.89. The summed E-state index contributed by atoms with van der Waals surface area (Å²) in [7, 11) is 0. The van der Waals surface area contributed by atoms with E-state index in [2.05, 4.69) is 43.0 Å². The first-order chi connectivity index (χ1) is 10.3. The molecule has 0 aromatic heterocycles. The normalized spacial score (nSPS) is 9.81. The summed E-state index contributed by atoms with van der Waals surface area (Å²) in [6.07, 6.45) is 0. The van der Waals surface area contributed by atoms with Gasteiger partial charge in [0.25, 0.3) is 0 Å². The Hall–Kier alpha value is -1.89. The van der Waals surface area contributed by atoms with Crippen molar-refractivity contribution in [1.29, 1.82) is 0 Å². The van der Waals surface area contributed by atoms with E-state index in [-0.39, 0.29) is 0 Å². The molecule has 0 aliphatic heterocycles. The van der Waals surface area contributed by atoms with Crippen LogP contribution in [0.1, 0.15) is 11.1 Å². The highest BCUT2D eigenvalue weighted by Crippen LogP contribution is 2.19. The predicted octanol–water partition coefficient (Wildman–Crippen LogP) is 3.48. The molecule has 0 unspecified atom stereocenters. The molecule has 2 N–H and O–H groups in total. The lowest BCUT2D eigenvalue weighted by Crippen LogP contribution is -2.00. The molecule has 0 fully saturated rings. The summed E-state index contributed by atoms with van der Waals surface area (Å²) in [5.74, 6) is 7.63. The summed E-state index contributed by atoms with van der Waals surface area (Å²) in [6.45, 7) is 3.18. The Balaban J connectivity index is 1.76. The van der Waals surface area contributed by atoms with Gasteiger partial charge in [0.2, 0.25) is 0 Å². The predicted molar refractivity (Wildman–Crippen MR) is 89.8 cm³/mol. The Labute approximate surface area is 130 Å². The number of hydrogen-bond acceptors (Lipinski definition) is 3. The number of aryl methyl sites for hydroxylation is 1. The monoisotopic (exact) mass is 297 g/mol. The fraction of sp³-hybridized carbons (Fsp3) is 0.222. The first kappa shape index (κ1) is 15.5. The maximum absolute atomic E-state index is 5.72. The molecular weight excluding hydrogens is 278 g/mol. The van der Waals surface area contributed by atoms with Gasteiger partial charge in [-0.25, -0.2) is 0 Å². The molecule has 0 saturated carbocycles. The third-order valence-electron chi connectivity index (χ3n) is 2.80. The van der Waals surface area contributed by atoms with Gasteiger partial charge in [-0.05, 0) is 43.3 Å². The molecular formula is C18H19NOS. The number of ether oxygens (including phenoxy) is 1. The molecule has 2 rings (SSSR count). The molecule has 2 nitrogen and oxygen atoms in total. The van der Waals surface area contributed by atoms with Crippen molar-refractivity contribution in [1.82, 2.24) is 0 Å². The lowest BCUT2D eigenvalue weighted by molar-refractivity contribution is 0.344. The minimum absolute atomic E-state index is 0.383. The van der Waals surface area contributed by atoms with Crippen LogP contribution in [0.15, 0.2) is 53.4 Å². The highest BCUT2D eigenvalue weighted by Gasteiger charge is 1.97. The van der Waals surface area contributed by atoms with Crippen LogP contribution in [0.4, 0.5) is 0 Å². The Morgan fingerprint density at radius 3 is 2.67 bits per heavy atom. The van der Waals surface area contributed by atoms with Gasteiger partial charge in [0.1, 0.15) is 5.75 Å². The van der Waals surface area contributed by atoms with Crippen LogP contribution in [0, 0.1) is 18.8 Å². The van der Waals surface area contributed by atoms with Gasteiger partial charge in [-0.3, -0.25) is 0 Å². The molecule has 0 saturated heterocycles. The molecule has 21 heavy (non-hydrogen) atoms. The summed E-state index contributed by atoms with van der Waals surface area (Å²) >= 11 is 1.81. The molecule has 0 atom stereocenters. The molecule has 0 aliphatic carbocycles. The Bertz CT molecular complexity index is 626. The minimum atomic E-state index is 0.383. The van der Waals surface area contributed by atoms with E-state index < -0.39 is 0 Å². The van der Waals surface area contributed by atoms with E-state index in [1.54, 1.807) is 11.8 Å². The molecule has 3 heteroatoms. The average Bonchev–Trinajstić information content (AvgIpc) is 2.51. The van der Waals surface area contributed by atoms with Crippen molar-refractivity contribution in [2.45, 2.75) is 11.8 Å². The first-order valence-corrected chi connectivity index (χ1v) is 7.88. The highest BCUT2D eigenvalue weighted by molar-refractivity contribution is 7.99. The lowest BCUT2D eigenvalue weighted by Gasteiger charge is -2.06. The standard InChI is InChI=1S/C18H19NOS/c1-15-4-2-6-18(14-15)21-13-12-20-17-9-7-16(8-10-17)5-3-11-19/h2,4,6-10,14H,11-13,19H2,1H3. The van der Waals surface area contributed by atoms with E-state index in [0.717, 1.165) is 17.1 Å². The summed E-state index contributed by atoms with van der Waals surface area (Å²) in [4.78, 5) is 1.28. The zero-order valence-corrected chi connectivity index (χ0v) is 13.0. The fourth-order valence-corrected chi connectivity index (χ4v) is 2.66. The topological polar surface area (TPSA) is 35.2 Å². The molecule has 0 radical (unpaired) electrons. The maximum atomic E-state index is 5.72. The van der Waals surface area contributed by atoms with Crippen molar-refractivity contribution >= 4 is 11.8 Å². The molecule has 0 amide bonds. The third kappa shape index (κ3) is 5.55. The van der Waals surface area contributed by atoms with E-state index in [9.17, 15) is 0 Å². The largest absolute Gasteiger partial charge is 0.493 e. The highest BCUT2D eigenvalue weighted by atomic mass is 32.2. The van der Waals surface area contributed by atoms with E-state index in [1.807, 2.05) is 24.3 Å². The zero-order chi connectivity index (χ0) is 14.9. The van der Waals surface area contributed by atoms with Gasteiger partial charge in [-0.15, -0.1) is 11.8 Å². The van der Waals surface area contributed by atoms with Gasteiger partial charge in [0.05, 0.1) is 13.2 Å². The SMILES string of the molecule is Cc1cccc(SCCOc2ccc(C#CCN)cc2)c1. The number of rotatable bonds is 5. The lowest BCUT2D eigenvalue weighted by atomic mass is 10.2. The second-order valence-corrected chi connectivity index (χ2v) is 5.71. The summed E-state index contributed by atoms with van der Waals surface area (Å²) in [6, 6.07) is 16.3. The maximum Gasteiger partial charge on any atom is 0.119 e. The van der Waals surface area contributed by atoms with Gasteiger partial charge < -0.3 is 10.5 Å². The Morgan fingerprint density at radius 1 is 1.14 bits per heavy atom. The van der Waals surface area contributed by atoms with Crippen molar-refractivity contribution < 1.29 is 4.74 Å². The number of thioether (sulfide) groups is 1. The van der Waals surface area contributed by atoms with Gasteiger partial charge in [0.15, 0.2) is 0 Å². The van der Waals surface area contributed by atoms with Crippen LogP contribution in [-0.2, 0) is 0 Å². The Morgan fingerprint density at radius 2 is 1.95 bits per heavy atom. The molecule has 2 aromatic rings. The number of benzene rings is 2. The second kappa shape index (κ2) is 8.41. The van der Waals surface area contributed by atoms with E-state index in [1.165, 1.54) is 10.5 Å². The molecule has 108 valence electrons. The zero-order valence-electron chi connectivity index (χ0n) is 12.1. The average molecular weight is 297 g/mol. The van der Waals surface area contributed by atoms with Crippen LogP contribution in [0.3, 0.4) is 0 Å². The summed E-state index contributed by atoms with van der Waals surface area (Å²) < 4.78 is 5.72. The second-order valence-electron chi connectivity index (χ2n) is 4.54. The van der Waals surface area contributed by atoms with E-state index in [0.29, 0.717) is 13.2 Å². The Kier molecular flexibility index (Phi) is 6.21. The van der Waals surface area contributed by atoms with Crippen molar-refractivity contribution in [3.63, 3.8) is 0 Å². The van der Waals surface area contributed by atoms with Crippen LogP contribution in [0.25, 0.3) is 0 Å². The smallest absolute Gasteiger partial charge is 0.119 e. The third-order valence-corrected chi connectivity index (χ3v) is 3.76. The number of hydrogen-bond donors (Lipinski definition) is 1. The van der Waals surface area contributed by atoms with Gasteiger partial charge in [-0.1, -0.05) is 29.5 Å². The molecule has 0 bridgehead atoms. The van der Waals surface area contributed by atoms with Crippen LogP contribution >= 0.6 is 11.8 Å². The molecule has 0 aliphatic rings. The van der Waals surface area contributed by atoms with Gasteiger partial charge in [-0.2, -0.15) is 0 Å². The van der Waals surface area contributed by atoms with Crippen LogP contribution < -0.4 is 10.5 Å². The summed E-state index contributed by atoms with van der Waals surface area (Å²) in [5, 5.41) is 0. The fourth-order valence-electron chi connectivity index (χ4n) is 1.81. The molecule has 2 aromatic carbocycles. The molecule has 0 spiro atoms. The van der Waals surface area contributed by atoms with Gasteiger partial charge >= 0.3 is 0 Å². The van der Waals surface area contributed by atoms with Gasteiger partial charge in [0, 0.05) is 16.2 Å². The number of nitrogens with two attached hydrogens (primary N) is 1. The van der Waals surface area contributed by atoms with Crippen LogP contribution in [0.5, 0.6) is 5.75 Å². The van der Waals surface area contributed by atoms with E-state index >= 15 is 0 Å². The van der Waals surface area contributed by atoms with Crippen molar-refractivity contribution in [3.8, 4) is 17.6 Å². The van der Waals surface area contributed by atoms with Crippen LogP contribution in [-0.4, -0.2) is 18.9 Å². The van der Waals surface area contributed by atoms with Crippen molar-refractivity contribution in [3.05, 3.63) is 59.7 Å². The quantitative estimate of drug-likeness (QED) is 0.521. The van der Waals surface area contributed by atoms with Crippen LogP contribution in [0.2, 0.25) is 0 Å². The van der Waals surface area contributed by atoms with Crippen molar-refractivity contribution in [2.75, 3.05) is 18.9 Å².